The Hall–Kier alpha value is -2.17. The minimum atomic E-state index is -0.616. The smallest absolute Gasteiger partial charge is 0.247 e. The Balaban J connectivity index is 2.29. The topological polar surface area (TPSA) is 63.6 Å². The molecule has 0 saturated carbocycles. The number of carbonyl (C=O) groups excluding carboxylic acids is 1. The van der Waals surface area contributed by atoms with Crippen LogP contribution in [0.1, 0.15) is 15.9 Å². The van der Waals surface area contributed by atoms with Crippen LogP contribution < -0.4 is 5.06 Å². The molecule has 0 radical (unpaired) electrons. The number of carbonyl (C=O) groups is 1. The van der Waals surface area contributed by atoms with E-state index in [1.807, 2.05) is 0 Å². The summed E-state index contributed by atoms with van der Waals surface area (Å²) in [7, 11) is 0. The van der Waals surface area contributed by atoms with E-state index >= 15 is 0 Å². The number of benzene rings is 2. The Morgan fingerprint density at radius 3 is 2.37 bits per heavy atom. The molecule has 0 fully saturated rings. The van der Waals surface area contributed by atoms with Gasteiger partial charge in [0.25, 0.3) is 0 Å². The fraction of sp³-hybridized carbons (Fsp3) is 0.133. The van der Waals surface area contributed by atoms with Gasteiger partial charge in [-0.1, -0.05) is 36.4 Å². The Morgan fingerprint density at radius 1 is 1.05 bits per heavy atom. The first-order valence-electron chi connectivity index (χ1n) is 5.99. The molecular formula is C15H14NO3-. The second-order valence-corrected chi connectivity index (χ2v) is 4.07. The predicted molar refractivity (Wildman–Crippen MR) is 73.9 cm³/mol. The van der Waals surface area contributed by atoms with Crippen LogP contribution in [0.2, 0.25) is 0 Å². The number of anilines is 1. The van der Waals surface area contributed by atoms with Gasteiger partial charge >= 0.3 is 0 Å². The zero-order chi connectivity index (χ0) is 13.7. The van der Waals surface area contributed by atoms with E-state index < -0.39 is 5.91 Å². The number of rotatable bonds is 4. The summed E-state index contributed by atoms with van der Waals surface area (Å²) in [5, 5.41) is 21.4. The van der Waals surface area contributed by atoms with Crippen LogP contribution >= 0.6 is 0 Å². The van der Waals surface area contributed by atoms with E-state index in [0.717, 1.165) is 0 Å². The fourth-order valence-corrected chi connectivity index (χ4v) is 1.86. The minimum absolute atomic E-state index is 0.0610. The van der Waals surface area contributed by atoms with Crippen LogP contribution in [-0.2, 0) is 6.42 Å². The van der Waals surface area contributed by atoms with Crippen LogP contribution in [0.3, 0.4) is 0 Å². The normalized spacial score (nSPS) is 10.2. The van der Waals surface area contributed by atoms with Crippen molar-refractivity contribution in [2.75, 3.05) is 11.7 Å². The Kier molecular flexibility index (Phi) is 4.28. The van der Waals surface area contributed by atoms with Crippen LogP contribution in [-0.4, -0.2) is 17.6 Å². The van der Waals surface area contributed by atoms with E-state index in [1.54, 1.807) is 54.6 Å². The van der Waals surface area contributed by atoms with Crippen molar-refractivity contribution >= 4 is 11.6 Å². The van der Waals surface area contributed by atoms with E-state index in [2.05, 4.69) is 0 Å². The maximum Gasteiger partial charge on any atom is 0.247 e. The molecule has 0 aliphatic heterocycles. The second kappa shape index (κ2) is 6.13. The Morgan fingerprint density at radius 2 is 1.68 bits per heavy atom. The number of hydrogen-bond donors (Lipinski definition) is 1. The zero-order valence-electron chi connectivity index (χ0n) is 10.3. The maximum atomic E-state index is 12.2. The van der Waals surface area contributed by atoms with E-state index in [-0.39, 0.29) is 6.61 Å². The van der Waals surface area contributed by atoms with Crippen LogP contribution in [0, 0.1) is 5.21 Å². The number of hydroxylamine groups is 1. The van der Waals surface area contributed by atoms with E-state index in [0.29, 0.717) is 28.3 Å². The number of amides is 1. The van der Waals surface area contributed by atoms with Crippen molar-refractivity contribution in [1.29, 1.82) is 0 Å². The summed E-state index contributed by atoms with van der Waals surface area (Å²) in [4.78, 5) is 12.2. The highest BCUT2D eigenvalue weighted by molar-refractivity contribution is 6.07. The summed E-state index contributed by atoms with van der Waals surface area (Å²) in [6.07, 6.45) is 0.352. The average Bonchev–Trinajstić information content (AvgIpc) is 2.47. The molecule has 2 aromatic carbocycles. The van der Waals surface area contributed by atoms with Gasteiger partial charge in [-0.05, 0) is 30.2 Å². The van der Waals surface area contributed by atoms with Gasteiger partial charge < -0.3 is 15.4 Å². The SMILES string of the molecule is O=C(c1ccccc1CCO)N([O-])c1ccccc1. The van der Waals surface area contributed by atoms with Crippen molar-refractivity contribution in [3.63, 3.8) is 0 Å². The lowest BCUT2D eigenvalue weighted by Crippen LogP contribution is -2.25. The number of aliphatic hydroxyl groups excluding tert-OH is 1. The molecule has 0 atom stereocenters. The van der Waals surface area contributed by atoms with Gasteiger partial charge in [0.1, 0.15) is 0 Å². The van der Waals surface area contributed by atoms with Gasteiger partial charge in [-0.15, -0.1) is 0 Å². The molecule has 0 spiro atoms. The third-order valence-electron chi connectivity index (χ3n) is 2.80. The van der Waals surface area contributed by atoms with Crippen molar-refractivity contribution < 1.29 is 9.90 Å². The number of para-hydroxylation sites is 1. The van der Waals surface area contributed by atoms with Crippen LogP contribution in [0.4, 0.5) is 5.69 Å². The molecule has 1 N–H and O–H groups in total. The molecule has 4 nitrogen and oxygen atoms in total. The van der Waals surface area contributed by atoms with Gasteiger partial charge in [-0.25, -0.2) is 0 Å². The molecular weight excluding hydrogens is 242 g/mol. The lowest BCUT2D eigenvalue weighted by molar-refractivity contribution is 0.0996. The zero-order valence-corrected chi connectivity index (χ0v) is 10.3. The molecule has 0 saturated heterocycles. The number of aliphatic hydroxyl groups is 1. The van der Waals surface area contributed by atoms with Crippen LogP contribution in [0.5, 0.6) is 0 Å². The van der Waals surface area contributed by atoms with Crippen molar-refractivity contribution in [1.82, 2.24) is 0 Å². The van der Waals surface area contributed by atoms with Crippen molar-refractivity contribution in [2.45, 2.75) is 6.42 Å². The number of nitrogens with zero attached hydrogens (tertiary/aromatic N) is 1. The highest BCUT2D eigenvalue weighted by Crippen LogP contribution is 2.18. The highest BCUT2D eigenvalue weighted by Gasteiger charge is 2.13. The molecule has 4 heteroatoms. The first kappa shape index (κ1) is 13.3. The quantitative estimate of drug-likeness (QED) is 0.854. The van der Waals surface area contributed by atoms with Crippen molar-refractivity contribution in [2.24, 2.45) is 0 Å². The molecule has 0 unspecified atom stereocenters. The molecule has 0 aliphatic carbocycles. The summed E-state index contributed by atoms with van der Waals surface area (Å²) in [5.41, 5.74) is 1.30. The minimum Gasteiger partial charge on any atom is -0.751 e. The van der Waals surface area contributed by atoms with E-state index in [9.17, 15) is 10.0 Å². The van der Waals surface area contributed by atoms with E-state index in [1.165, 1.54) is 0 Å². The molecule has 0 heterocycles. The van der Waals surface area contributed by atoms with Gasteiger partial charge in [0.2, 0.25) is 5.91 Å². The third-order valence-corrected chi connectivity index (χ3v) is 2.80. The summed E-state index contributed by atoms with van der Waals surface area (Å²) in [6.45, 7) is -0.0610. The summed E-state index contributed by atoms with van der Waals surface area (Å²) >= 11 is 0. The van der Waals surface area contributed by atoms with Gasteiger partial charge in [0.05, 0.1) is 0 Å². The highest BCUT2D eigenvalue weighted by atomic mass is 16.5. The van der Waals surface area contributed by atoms with Crippen molar-refractivity contribution in [3.8, 4) is 0 Å². The lowest BCUT2D eigenvalue weighted by Gasteiger charge is -2.29. The van der Waals surface area contributed by atoms with Gasteiger partial charge in [-0.2, -0.15) is 0 Å². The average molecular weight is 256 g/mol. The van der Waals surface area contributed by atoms with Crippen LogP contribution in [0.15, 0.2) is 54.6 Å². The first-order chi connectivity index (χ1) is 9.24. The molecule has 1 amide bonds. The monoisotopic (exact) mass is 256 g/mol. The molecule has 98 valence electrons. The molecule has 19 heavy (non-hydrogen) atoms. The Bertz CT molecular complexity index is 554. The Labute approximate surface area is 111 Å². The van der Waals surface area contributed by atoms with Gasteiger partial charge in [-0.3, -0.25) is 4.79 Å². The van der Waals surface area contributed by atoms with Crippen molar-refractivity contribution in [3.05, 3.63) is 70.9 Å². The number of hydrogen-bond acceptors (Lipinski definition) is 3. The van der Waals surface area contributed by atoms with Gasteiger partial charge in [0.15, 0.2) is 0 Å². The summed E-state index contributed by atoms with van der Waals surface area (Å²) in [5.74, 6) is -0.616. The summed E-state index contributed by atoms with van der Waals surface area (Å²) < 4.78 is 0. The fourth-order valence-electron chi connectivity index (χ4n) is 1.86. The standard InChI is InChI=1S/C15H14NO3/c17-11-10-12-6-4-5-9-14(12)15(18)16(19)13-7-2-1-3-8-13/h1-9,17H,10-11H2/q-1. The van der Waals surface area contributed by atoms with Gasteiger partial charge in [0, 0.05) is 17.9 Å². The van der Waals surface area contributed by atoms with Crippen LogP contribution in [0.25, 0.3) is 0 Å². The lowest BCUT2D eigenvalue weighted by atomic mass is 10.0. The second-order valence-electron chi connectivity index (χ2n) is 4.07. The first-order valence-corrected chi connectivity index (χ1v) is 5.99. The molecule has 0 aliphatic rings. The molecule has 0 bridgehead atoms. The summed E-state index contributed by atoms with van der Waals surface area (Å²) in [6, 6.07) is 15.2. The largest absolute Gasteiger partial charge is 0.751 e. The maximum absolute atomic E-state index is 12.2. The van der Waals surface area contributed by atoms with E-state index in [4.69, 9.17) is 5.11 Å². The molecule has 0 aromatic heterocycles. The third kappa shape index (κ3) is 2.99. The molecule has 2 aromatic rings. The predicted octanol–water partition coefficient (Wildman–Crippen LogP) is 2.37. The molecule has 2 rings (SSSR count).